The van der Waals surface area contributed by atoms with E-state index in [1.54, 1.807) is 36.4 Å². The number of hydrogen-bond donors (Lipinski definition) is 3. The summed E-state index contributed by atoms with van der Waals surface area (Å²) in [6.07, 6.45) is 0. The molecule has 0 fully saturated rings. The number of nitrogens with one attached hydrogen (secondary N) is 1. The van der Waals surface area contributed by atoms with E-state index >= 15 is 0 Å². The highest BCUT2D eigenvalue weighted by atomic mass is 16.4. The first-order chi connectivity index (χ1) is 10.9. The number of anilines is 1. The van der Waals surface area contributed by atoms with Crippen LogP contribution in [-0.2, 0) is 4.79 Å². The molecule has 2 aromatic carbocycles. The van der Waals surface area contributed by atoms with Crippen LogP contribution in [0.25, 0.3) is 0 Å². The van der Waals surface area contributed by atoms with Crippen molar-refractivity contribution in [1.82, 2.24) is 0 Å². The minimum Gasteiger partial charge on any atom is -0.508 e. The number of benzene rings is 2. The first-order valence-electron chi connectivity index (χ1n) is 7.24. The van der Waals surface area contributed by atoms with Crippen molar-refractivity contribution in [3.05, 3.63) is 59.2 Å². The fraction of sp³-hybridized carbons (Fsp3) is 0.222. The van der Waals surface area contributed by atoms with Crippen molar-refractivity contribution in [2.24, 2.45) is 0 Å². The Kier molecular flexibility index (Phi) is 4.87. The van der Waals surface area contributed by atoms with Gasteiger partial charge in [0.2, 0.25) is 0 Å². The Bertz CT molecular complexity index is 746. The normalized spacial score (nSPS) is 11.7. The van der Waals surface area contributed by atoms with E-state index in [9.17, 15) is 15.0 Å². The molecule has 0 aliphatic rings. The Morgan fingerprint density at radius 3 is 2.35 bits per heavy atom. The molecule has 0 bridgehead atoms. The molecular weight excluding hydrogens is 292 g/mol. The molecule has 5 heteroatoms. The predicted molar refractivity (Wildman–Crippen MR) is 87.4 cm³/mol. The highest BCUT2D eigenvalue weighted by Gasteiger charge is 2.21. The van der Waals surface area contributed by atoms with Crippen molar-refractivity contribution < 1.29 is 15.0 Å². The van der Waals surface area contributed by atoms with E-state index in [0.717, 1.165) is 0 Å². The summed E-state index contributed by atoms with van der Waals surface area (Å²) >= 11 is 0. The summed E-state index contributed by atoms with van der Waals surface area (Å²) in [6, 6.07) is 12.5. The number of carboxylic acid groups (broad SMARTS) is 1. The Morgan fingerprint density at radius 1 is 1.17 bits per heavy atom. The number of hydrogen-bond acceptors (Lipinski definition) is 4. The molecule has 2 aromatic rings. The number of aliphatic carboxylic acids is 1. The van der Waals surface area contributed by atoms with Gasteiger partial charge in [-0.05, 0) is 53.4 Å². The molecule has 118 valence electrons. The smallest absolute Gasteiger partial charge is 0.330 e. The van der Waals surface area contributed by atoms with E-state index in [2.05, 4.69) is 5.32 Å². The molecule has 3 N–H and O–H groups in total. The van der Waals surface area contributed by atoms with Crippen molar-refractivity contribution in [3.63, 3.8) is 0 Å². The Hall–Kier alpha value is -3.00. The molecule has 0 heterocycles. The van der Waals surface area contributed by atoms with Gasteiger partial charge in [-0.1, -0.05) is 19.9 Å². The van der Waals surface area contributed by atoms with Crippen LogP contribution in [0, 0.1) is 11.3 Å². The third kappa shape index (κ3) is 3.80. The number of carboxylic acids is 1. The molecule has 2 rings (SSSR count). The second-order valence-electron chi connectivity index (χ2n) is 5.58. The first kappa shape index (κ1) is 16.4. The molecule has 0 saturated carbocycles. The zero-order valence-corrected chi connectivity index (χ0v) is 12.9. The maximum absolute atomic E-state index is 11.6. The molecule has 0 radical (unpaired) electrons. The fourth-order valence-electron chi connectivity index (χ4n) is 2.31. The quantitative estimate of drug-likeness (QED) is 0.784. The molecular formula is C18H18N2O3. The summed E-state index contributed by atoms with van der Waals surface area (Å²) in [5, 5.41) is 31.1. The molecule has 23 heavy (non-hydrogen) atoms. The Labute approximate surface area is 134 Å². The summed E-state index contributed by atoms with van der Waals surface area (Å²) in [4.78, 5) is 11.6. The van der Waals surface area contributed by atoms with E-state index in [-0.39, 0.29) is 11.7 Å². The topological polar surface area (TPSA) is 93.4 Å². The minimum atomic E-state index is -1.02. The highest BCUT2D eigenvalue weighted by Crippen LogP contribution is 2.30. The van der Waals surface area contributed by atoms with Crippen LogP contribution in [0.15, 0.2) is 42.5 Å². The number of rotatable bonds is 5. The lowest BCUT2D eigenvalue weighted by Gasteiger charge is -2.18. The summed E-state index contributed by atoms with van der Waals surface area (Å²) in [5.41, 5.74) is 2.38. The number of nitrogens with zero attached hydrogens (tertiary/aromatic N) is 1. The predicted octanol–water partition coefficient (Wildman–Crippen LogP) is 3.63. The zero-order valence-electron chi connectivity index (χ0n) is 12.9. The molecule has 1 atom stereocenters. The molecule has 0 aliphatic carbocycles. The summed E-state index contributed by atoms with van der Waals surface area (Å²) < 4.78 is 0. The first-order valence-corrected chi connectivity index (χ1v) is 7.24. The van der Waals surface area contributed by atoms with Gasteiger partial charge in [0.1, 0.15) is 5.75 Å². The third-order valence-electron chi connectivity index (χ3n) is 3.58. The van der Waals surface area contributed by atoms with Gasteiger partial charge in [0, 0.05) is 5.69 Å². The van der Waals surface area contributed by atoms with Crippen LogP contribution in [-0.4, -0.2) is 16.2 Å². The summed E-state index contributed by atoms with van der Waals surface area (Å²) in [7, 11) is 0. The van der Waals surface area contributed by atoms with Crippen LogP contribution >= 0.6 is 0 Å². The number of phenolic OH excluding ortho intramolecular Hbond substituents is 1. The highest BCUT2D eigenvalue weighted by molar-refractivity contribution is 5.79. The number of nitriles is 1. The van der Waals surface area contributed by atoms with Crippen molar-refractivity contribution >= 4 is 11.7 Å². The summed E-state index contributed by atoms with van der Waals surface area (Å²) in [6.45, 7) is 3.87. The molecule has 5 nitrogen and oxygen atoms in total. The maximum Gasteiger partial charge on any atom is 0.330 e. The van der Waals surface area contributed by atoms with Crippen LogP contribution in [0.4, 0.5) is 5.69 Å². The lowest BCUT2D eigenvalue weighted by atomic mass is 9.96. The molecule has 0 saturated heterocycles. The average Bonchev–Trinajstić information content (AvgIpc) is 2.53. The maximum atomic E-state index is 11.6. The van der Waals surface area contributed by atoms with Gasteiger partial charge in [-0.3, -0.25) is 0 Å². The lowest BCUT2D eigenvalue weighted by molar-refractivity contribution is -0.138. The second kappa shape index (κ2) is 6.84. The molecule has 0 amide bonds. The average molecular weight is 310 g/mol. The second-order valence-corrected chi connectivity index (χ2v) is 5.58. The molecule has 0 spiro atoms. The van der Waals surface area contributed by atoms with E-state index in [0.29, 0.717) is 22.4 Å². The monoisotopic (exact) mass is 310 g/mol. The standard InChI is InChI=1S/C18H18N2O3/c1-11(2)15-9-13(5-8-16(15)21)17(18(22)23)20-14-6-3-12(10-19)4-7-14/h3-9,11,17,20-21H,1-2H3,(H,22,23). The summed E-state index contributed by atoms with van der Waals surface area (Å²) in [5.74, 6) is -0.777. The SMILES string of the molecule is CC(C)c1cc(C(Nc2ccc(C#N)cc2)C(=O)O)ccc1O. The number of phenols is 1. The minimum absolute atomic E-state index is 0.0827. The van der Waals surface area contributed by atoms with Gasteiger partial charge in [0.25, 0.3) is 0 Å². The van der Waals surface area contributed by atoms with Gasteiger partial charge in [-0.2, -0.15) is 5.26 Å². The van der Waals surface area contributed by atoms with Gasteiger partial charge in [0.05, 0.1) is 11.6 Å². The van der Waals surface area contributed by atoms with E-state index < -0.39 is 12.0 Å². The van der Waals surface area contributed by atoms with Gasteiger partial charge in [-0.25, -0.2) is 4.79 Å². The Balaban J connectivity index is 2.33. The van der Waals surface area contributed by atoms with Crippen LogP contribution in [0.1, 0.15) is 42.5 Å². The van der Waals surface area contributed by atoms with Crippen LogP contribution < -0.4 is 5.32 Å². The largest absolute Gasteiger partial charge is 0.508 e. The van der Waals surface area contributed by atoms with Crippen molar-refractivity contribution in [3.8, 4) is 11.8 Å². The number of carbonyl (C=O) groups is 1. The van der Waals surface area contributed by atoms with Crippen molar-refractivity contribution in [2.75, 3.05) is 5.32 Å². The third-order valence-corrected chi connectivity index (χ3v) is 3.58. The van der Waals surface area contributed by atoms with Gasteiger partial charge in [-0.15, -0.1) is 0 Å². The van der Waals surface area contributed by atoms with Gasteiger partial charge >= 0.3 is 5.97 Å². The lowest BCUT2D eigenvalue weighted by Crippen LogP contribution is -2.20. The van der Waals surface area contributed by atoms with E-state index in [4.69, 9.17) is 5.26 Å². The van der Waals surface area contributed by atoms with Crippen LogP contribution in [0.3, 0.4) is 0 Å². The van der Waals surface area contributed by atoms with E-state index in [1.165, 1.54) is 6.07 Å². The molecule has 0 aliphatic heterocycles. The van der Waals surface area contributed by atoms with E-state index in [1.807, 2.05) is 19.9 Å². The fourth-order valence-corrected chi connectivity index (χ4v) is 2.31. The van der Waals surface area contributed by atoms with Gasteiger partial charge in [0.15, 0.2) is 6.04 Å². The Morgan fingerprint density at radius 2 is 1.83 bits per heavy atom. The van der Waals surface area contributed by atoms with Crippen molar-refractivity contribution in [2.45, 2.75) is 25.8 Å². The molecule has 0 aromatic heterocycles. The van der Waals surface area contributed by atoms with Crippen LogP contribution in [0.2, 0.25) is 0 Å². The molecule has 1 unspecified atom stereocenters. The number of aromatic hydroxyl groups is 1. The van der Waals surface area contributed by atoms with Gasteiger partial charge < -0.3 is 15.5 Å². The zero-order chi connectivity index (χ0) is 17.0. The van der Waals surface area contributed by atoms with Crippen molar-refractivity contribution in [1.29, 1.82) is 5.26 Å². The van der Waals surface area contributed by atoms with Crippen LogP contribution in [0.5, 0.6) is 5.75 Å².